The van der Waals surface area contributed by atoms with Gasteiger partial charge >= 0.3 is 0 Å². The lowest BCUT2D eigenvalue weighted by Gasteiger charge is -2.22. The lowest BCUT2D eigenvalue weighted by Crippen LogP contribution is -2.42. The van der Waals surface area contributed by atoms with Gasteiger partial charge in [-0.3, -0.25) is 4.79 Å². The Morgan fingerprint density at radius 2 is 2.19 bits per heavy atom. The number of nitrogens with zero attached hydrogens (tertiary/aromatic N) is 5. The summed E-state index contributed by atoms with van der Waals surface area (Å²) in [5.41, 5.74) is 1.56. The van der Waals surface area contributed by atoms with E-state index in [1.165, 1.54) is 0 Å². The van der Waals surface area contributed by atoms with E-state index in [4.69, 9.17) is 5.26 Å². The zero-order valence-corrected chi connectivity index (χ0v) is 14.8. The maximum absolute atomic E-state index is 12.6. The summed E-state index contributed by atoms with van der Waals surface area (Å²) in [4.78, 5) is 14.3. The lowest BCUT2D eigenvalue weighted by atomic mass is 10.1. The minimum Gasteiger partial charge on any atom is -0.346 e. The van der Waals surface area contributed by atoms with E-state index in [0.717, 1.165) is 18.5 Å². The monoisotopic (exact) mass is 348 g/mol. The fourth-order valence-electron chi connectivity index (χ4n) is 3.39. The van der Waals surface area contributed by atoms with E-state index in [1.54, 1.807) is 40.0 Å². The zero-order chi connectivity index (χ0) is 18.7. The number of carbonyl (C=O) groups excluding carboxylic acids is 1. The molecule has 2 aromatic rings. The molecule has 0 aliphatic carbocycles. The standard InChI is InChI=1S/C19H20N6O/c1-3-15-10-18(13(2)24(15)12-21)22-19(26)17-7-8-25(23-17)16-6-4-5-14(9-16)11-20/h4-9,13,15,18H,3,10H2,1-2H3,(H,22,26)/t13-,15+,18-/m1/s1. The molecule has 3 atom stereocenters. The molecule has 1 fully saturated rings. The van der Waals surface area contributed by atoms with Crippen molar-refractivity contribution in [2.45, 2.75) is 44.8 Å². The smallest absolute Gasteiger partial charge is 0.272 e. The van der Waals surface area contributed by atoms with E-state index in [-0.39, 0.29) is 24.0 Å². The Bertz CT molecular complexity index is 890. The molecular weight excluding hydrogens is 328 g/mol. The second-order valence-electron chi connectivity index (χ2n) is 6.43. The second kappa shape index (κ2) is 7.28. The number of likely N-dealkylation sites (tertiary alicyclic amines) is 1. The van der Waals surface area contributed by atoms with Crippen molar-refractivity contribution in [3.63, 3.8) is 0 Å². The third-order valence-electron chi connectivity index (χ3n) is 4.91. The molecule has 7 heteroatoms. The van der Waals surface area contributed by atoms with Gasteiger partial charge in [-0.2, -0.15) is 15.6 Å². The molecule has 1 aliphatic rings. The van der Waals surface area contributed by atoms with Crippen molar-refractivity contribution in [1.82, 2.24) is 20.0 Å². The highest BCUT2D eigenvalue weighted by atomic mass is 16.2. The van der Waals surface area contributed by atoms with Crippen LogP contribution in [-0.2, 0) is 0 Å². The van der Waals surface area contributed by atoms with Gasteiger partial charge < -0.3 is 10.2 Å². The molecule has 1 aliphatic heterocycles. The van der Waals surface area contributed by atoms with Crippen molar-refractivity contribution in [2.24, 2.45) is 0 Å². The molecule has 0 bridgehead atoms. The van der Waals surface area contributed by atoms with Gasteiger partial charge in [0, 0.05) is 12.2 Å². The Morgan fingerprint density at radius 3 is 2.85 bits per heavy atom. The average Bonchev–Trinajstić information content (AvgIpc) is 3.27. The Kier molecular flexibility index (Phi) is 4.90. The Labute approximate surface area is 152 Å². The molecule has 1 amide bonds. The van der Waals surface area contributed by atoms with E-state index in [1.807, 2.05) is 19.9 Å². The normalized spacial score (nSPS) is 21.8. The summed E-state index contributed by atoms with van der Waals surface area (Å²) in [5, 5.41) is 25.6. The third kappa shape index (κ3) is 3.25. The number of benzene rings is 1. The van der Waals surface area contributed by atoms with E-state index < -0.39 is 0 Å². The van der Waals surface area contributed by atoms with Crippen LogP contribution in [0.1, 0.15) is 42.7 Å². The summed E-state index contributed by atoms with van der Waals surface area (Å²) in [6.45, 7) is 4.00. The molecular formula is C19H20N6O. The quantitative estimate of drug-likeness (QED) is 0.854. The van der Waals surface area contributed by atoms with E-state index >= 15 is 0 Å². The van der Waals surface area contributed by atoms with Gasteiger partial charge in [0.15, 0.2) is 11.9 Å². The highest BCUT2D eigenvalue weighted by Gasteiger charge is 2.38. The van der Waals surface area contributed by atoms with Crippen LogP contribution < -0.4 is 5.32 Å². The first-order valence-corrected chi connectivity index (χ1v) is 8.62. The average molecular weight is 348 g/mol. The highest BCUT2D eigenvalue weighted by molar-refractivity contribution is 5.92. The number of hydrogen-bond donors (Lipinski definition) is 1. The van der Waals surface area contributed by atoms with E-state index in [0.29, 0.717) is 11.3 Å². The van der Waals surface area contributed by atoms with Gasteiger partial charge in [0.1, 0.15) is 0 Å². The molecule has 1 N–H and O–H groups in total. The molecule has 3 rings (SSSR count). The van der Waals surface area contributed by atoms with E-state index in [2.05, 4.69) is 22.7 Å². The van der Waals surface area contributed by atoms with Gasteiger partial charge in [0.05, 0.1) is 29.4 Å². The highest BCUT2D eigenvalue weighted by Crippen LogP contribution is 2.25. The predicted octanol–water partition coefficient (Wildman–Crippen LogP) is 2.20. The minimum absolute atomic E-state index is 0.0386. The van der Waals surface area contributed by atoms with Gasteiger partial charge in [0.25, 0.3) is 5.91 Å². The largest absolute Gasteiger partial charge is 0.346 e. The van der Waals surface area contributed by atoms with Gasteiger partial charge in [-0.1, -0.05) is 13.0 Å². The summed E-state index contributed by atoms with van der Waals surface area (Å²) < 4.78 is 1.57. The van der Waals surface area contributed by atoms with Crippen molar-refractivity contribution < 1.29 is 4.79 Å². The topological polar surface area (TPSA) is 97.7 Å². The SMILES string of the molecule is CC[C@H]1C[C@@H](NC(=O)c2ccn(-c3cccc(C#N)c3)n2)[C@@H](C)N1C#N. The lowest BCUT2D eigenvalue weighted by molar-refractivity contribution is 0.0925. The van der Waals surface area contributed by atoms with Gasteiger partial charge in [-0.05, 0) is 44.0 Å². The van der Waals surface area contributed by atoms with Crippen LogP contribution >= 0.6 is 0 Å². The van der Waals surface area contributed by atoms with Crippen LogP contribution in [0.15, 0.2) is 36.5 Å². The summed E-state index contributed by atoms with van der Waals surface area (Å²) >= 11 is 0. The molecule has 1 saturated heterocycles. The molecule has 132 valence electrons. The predicted molar refractivity (Wildman–Crippen MR) is 95.1 cm³/mol. The van der Waals surface area contributed by atoms with Gasteiger partial charge in [-0.25, -0.2) is 4.68 Å². The van der Waals surface area contributed by atoms with Crippen LogP contribution in [-0.4, -0.2) is 38.7 Å². The summed E-state index contributed by atoms with van der Waals surface area (Å²) in [6, 6.07) is 10.8. The molecule has 26 heavy (non-hydrogen) atoms. The number of aromatic nitrogens is 2. The minimum atomic E-state index is -0.258. The van der Waals surface area contributed by atoms with Crippen molar-refractivity contribution >= 4 is 5.91 Å². The Balaban J connectivity index is 1.73. The number of nitrogens with one attached hydrogen (secondary N) is 1. The van der Waals surface area contributed by atoms with Gasteiger partial charge in [0.2, 0.25) is 0 Å². The van der Waals surface area contributed by atoms with Crippen LogP contribution in [0.3, 0.4) is 0 Å². The molecule has 1 aromatic heterocycles. The number of hydrogen-bond acceptors (Lipinski definition) is 5. The fraction of sp³-hybridized carbons (Fsp3) is 0.368. The maximum atomic E-state index is 12.6. The third-order valence-corrected chi connectivity index (χ3v) is 4.91. The first-order valence-electron chi connectivity index (χ1n) is 8.62. The maximum Gasteiger partial charge on any atom is 0.272 e. The summed E-state index contributed by atoms with van der Waals surface area (Å²) in [7, 11) is 0. The van der Waals surface area contributed by atoms with Crippen LogP contribution in [0.4, 0.5) is 0 Å². The fourth-order valence-corrected chi connectivity index (χ4v) is 3.39. The number of amides is 1. The molecule has 0 unspecified atom stereocenters. The molecule has 0 radical (unpaired) electrons. The van der Waals surface area contributed by atoms with Crippen LogP contribution in [0.2, 0.25) is 0 Å². The van der Waals surface area contributed by atoms with Crippen molar-refractivity contribution in [3.8, 4) is 17.9 Å². The van der Waals surface area contributed by atoms with Crippen LogP contribution in [0.5, 0.6) is 0 Å². The second-order valence-corrected chi connectivity index (χ2v) is 6.43. The zero-order valence-electron chi connectivity index (χ0n) is 14.8. The molecule has 0 spiro atoms. The number of carbonyl (C=O) groups is 1. The van der Waals surface area contributed by atoms with Crippen LogP contribution in [0.25, 0.3) is 5.69 Å². The van der Waals surface area contributed by atoms with Crippen molar-refractivity contribution in [2.75, 3.05) is 0 Å². The molecule has 2 heterocycles. The van der Waals surface area contributed by atoms with Gasteiger partial charge in [-0.15, -0.1) is 0 Å². The van der Waals surface area contributed by atoms with Crippen molar-refractivity contribution in [3.05, 3.63) is 47.8 Å². The first-order chi connectivity index (χ1) is 12.6. The number of nitriles is 2. The van der Waals surface area contributed by atoms with Crippen LogP contribution in [0, 0.1) is 22.8 Å². The van der Waals surface area contributed by atoms with Crippen molar-refractivity contribution in [1.29, 1.82) is 10.5 Å². The Morgan fingerprint density at radius 1 is 1.38 bits per heavy atom. The summed E-state index contributed by atoms with van der Waals surface area (Å²) in [6.07, 6.45) is 5.55. The Hall–Kier alpha value is -3.32. The first kappa shape index (κ1) is 17.5. The molecule has 7 nitrogen and oxygen atoms in total. The molecule has 0 saturated carbocycles. The van der Waals surface area contributed by atoms with E-state index in [9.17, 15) is 10.1 Å². The number of rotatable bonds is 4. The molecule has 1 aromatic carbocycles. The summed E-state index contributed by atoms with van der Waals surface area (Å²) in [5.74, 6) is -0.258.